The van der Waals surface area contributed by atoms with Crippen LogP contribution in [0.3, 0.4) is 0 Å². The van der Waals surface area contributed by atoms with E-state index in [4.69, 9.17) is 10.2 Å². The molecule has 1 saturated carbocycles. The maximum Gasteiger partial charge on any atom is 0.261 e. The second-order valence-electron chi connectivity index (χ2n) is 8.35. The van der Waals surface area contributed by atoms with Crippen molar-refractivity contribution in [2.75, 3.05) is 6.61 Å². The number of nitrogens with two attached hydrogens (primary N) is 1. The minimum absolute atomic E-state index is 0.0707. The van der Waals surface area contributed by atoms with Crippen molar-refractivity contribution in [1.29, 1.82) is 5.26 Å². The Kier molecular flexibility index (Phi) is 5.07. The van der Waals surface area contributed by atoms with Gasteiger partial charge in [0.2, 0.25) is 0 Å². The van der Waals surface area contributed by atoms with Gasteiger partial charge >= 0.3 is 0 Å². The first kappa shape index (κ1) is 18.8. The first-order chi connectivity index (χ1) is 12.4. The molecule has 0 aliphatic heterocycles. The standard InChI is InChI=1S/C22H28N2OSi/c1-21(2,3)26(18-10-6-4-7-11-18,19-12-8-5-9-13-19)25-16-20(24)22(17-23)14-15-22/h4-13,20H,14-16,24H2,1-3H3/t20-/m0/s1. The van der Waals surface area contributed by atoms with Crippen LogP contribution >= 0.6 is 0 Å². The van der Waals surface area contributed by atoms with Crippen LogP contribution in [0.15, 0.2) is 60.7 Å². The summed E-state index contributed by atoms with van der Waals surface area (Å²) in [7, 11) is -2.57. The van der Waals surface area contributed by atoms with Crippen molar-refractivity contribution < 1.29 is 4.43 Å². The summed E-state index contributed by atoms with van der Waals surface area (Å²) in [5.74, 6) is 0. The summed E-state index contributed by atoms with van der Waals surface area (Å²) in [5, 5.41) is 11.9. The summed E-state index contributed by atoms with van der Waals surface area (Å²) in [6.45, 7) is 7.17. The Morgan fingerprint density at radius 2 is 1.50 bits per heavy atom. The molecule has 0 saturated heterocycles. The van der Waals surface area contributed by atoms with Crippen molar-refractivity contribution in [3.8, 4) is 6.07 Å². The van der Waals surface area contributed by atoms with Crippen molar-refractivity contribution in [3.05, 3.63) is 60.7 Å². The Labute approximate surface area is 157 Å². The summed E-state index contributed by atoms with van der Waals surface area (Å²) in [6.07, 6.45) is 1.77. The fourth-order valence-corrected chi connectivity index (χ4v) is 8.42. The SMILES string of the molecule is CC(C)(C)[Si](OC[C@H](N)C1(C#N)CC1)(c1ccccc1)c1ccccc1. The smallest absolute Gasteiger partial charge is 0.261 e. The fourth-order valence-electron chi connectivity index (χ4n) is 3.84. The van der Waals surface area contributed by atoms with Crippen LogP contribution in [0.25, 0.3) is 0 Å². The zero-order chi connectivity index (χ0) is 18.8. The van der Waals surface area contributed by atoms with Crippen LogP contribution in [0.5, 0.6) is 0 Å². The maximum atomic E-state index is 9.48. The monoisotopic (exact) mass is 364 g/mol. The van der Waals surface area contributed by atoms with E-state index in [0.717, 1.165) is 12.8 Å². The van der Waals surface area contributed by atoms with Crippen molar-refractivity contribution in [2.45, 2.75) is 44.7 Å². The zero-order valence-corrected chi connectivity index (χ0v) is 16.9. The van der Waals surface area contributed by atoms with Crippen LogP contribution < -0.4 is 16.1 Å². The highest BCUT2D eigenvalue weighted by atomic mass is 28.4. The number of nitrogens with zero attached hydrogens (tertiary/aromatic N) is 1. The molecular formula is C22H28N2OSi. The molecule has 2 aromatic rings. The third-order valence-electron chi connectivity index (χ3n) is 5.62. The van der Waals surface area contributed by atoms with E-state index in [2.05, 4.69) is 75.4 Å². The minimum Gasteiger partial charge on any atom is -0.406 e. The molecule has 2 aromatic carbocycles. The lowest BCUT2D eigenvalue weighted by Crippen LogP contribution is -2.67. The second kappa shape index (κ2) is 7.00. The van der Waals surface area contributed by atoms with Gasteiger partial charge in [-0.1, -0.05) is 81.4 Å². The molecule has 4 heteroatoms. The van der Waals surface area contributed by atoms with E-state index >= 15 is 0 Å². The Balaban J connectivity index is 2.05. The van der Waals surface area contributed by atoms with E-state index in [-0.39, 0.29) is 16.5 Å². The third kappa shape index (κ3) is 3.23. The van der Waals surface area contributed by atoms with Crippen LogP contribution in [-0.4, -0.2) is 21.0 Å². The fraction of sp³-hybridized carbons (Fsp3) is 0.409. The first-order valence-electron chi connectivity index (χ1n) is 9.28. The van der Waals surface area contributed by atoms with Gasteiger partial charge in [-0.25, -0.2) is 0 Å². The van der Waals surface area contributed by atoms with Gasteiger partial charge in [0.15, 0.2) is 0 Å². The van der Waals surface area contributed by atoms with Crippen molar-refractivity contribution in [1.82, 2.24) is 0 Å². The number of hydrogen-bond acceptors (Lipinski definition) is 3. The largest absolute Gasteiger partial charge is 0.406 e. The molecule has 0 radical (unpaired) electrons. The van der Waals surface area contributed by atoms with E-state index < -0.39 is 8.32 Å². The predicted octanol–water partition coefficient (Wildman–Crippen LogP) is 3.19. The van der Waals surface area contributed by atoms with E-state index in [1.165, 1.54) is 10.4 Å². The van der Waals surface area contributed by atoms with Gasteiger partial charge < -0.3 is 10.2 Å². The molecule has 1 fully saturated rings. The molecule has 0 amide bonds. The van der Waals surface area contributed by atoms with Crippen LogP contribution in [0.4, 0.5) is 0 Å². The molecule has 2 N–H and O–H groups in total. The second-order valence-corrected chi connectivity index (χ2v) is 12.7. The van der Waals surface area contributed by atoms with Gasteiger partial charge in [-0.15, -0.1) is 0 Å². The molecule has 1 atom stereocenters. The normalized spacial score (nSPS) is 17.3. The molecular weight excluding hydrogens is 336 g/mol. The molecule has 3 rings (SSSR count). The average Bonchev–Trinajstić information content (AvgIpc) is 3.44. The minimum atomic E-state index is -2.57. The lowest BCUT2D eigenvalue weighted by Gasteiger charge is -2.43. The molecule has 1 aliphatic rings. The van der Waals surface area contributed by atoms with Crippen molar-refractivity contribution in [2.24, 2.45) is 11.1 Å². The Morgan fingerprint density at radius 3 is 1.85 bits per heavy atom. The lowest BCUT2D eigenvalue weighted by atomic mass is 10.0. The molecule has 0 heterocycles. The van der Waals surface area contributed by atoms with E-state index in [1.54, 1.807) is 0 Å². The predicted molar refractivity (Wildman–Crippen MR) is 109 cm³/mol. The van der Waals surface area contributed by atoms with Crippen molar-refractivity contribution in [3.63, 3.8) is 0 Å². The Bertz CT molecular complexity index is 734. The number of rotatable bonds is 6. The molecule has 0 unspecified atom stereocenters. The molecule has 0 bridgehead atoms. The lowest BCUT2D eigenvalue weighted by molar-refractivity contribution is 0.244. The van der Waals surface area contributed by atoms with E-state index in [9.17, 15) is 5.26 Å². The highest BCUT2D eigenvalue weighted by Crippen LogP contribution is 2.48. The van der Waals surface area contributed by atoms with Crippen LogP contribution in [0.1, 0.15) is 33.6 Å². The van der Waals surface area contributed by atoms with Crippen molar-refractivity contribution >= 4 is 18.7 Å². The van der Waals surface area contributed by atoms with E-state index in [1.807, 2.05) is 12.1 Å². The van der Waals surface area contributed by atoms with Gasteiger partial charge in [0.25, 0.3) is 8.32 Å². The zero-order valence-electron chi connectivity index (χ0n) is 15.9. The van der Waals surface area contributed by atoms with Gasteiger partial charge in [0, 0.05) is 6.04 Å². The van der Waals surface area contributed by atoms with E-state index in [0.29, 0.717) is 6.61 Å². The molecule has 0 spiro atoms. The highest BCUT2D eigenvalue weighted by molar-refractivity contribution is 6.99. The van der Waals surface area contributed by atoms with Gasteiger partial charge in [0.1, 0.15) is 0 Å². The Hall–Kier alpha value is -1.93. The molecule has 26 heavy (non-hydrogen) atoms. The number of hydrogen-bond donors (Lipinski definition) is 1. The molecule has 0 aromatic heterocycles. The summed E-state index contributed by atoms with van der Waals surface area (Å²) in [4.78, 5) is 0. The van der Waals surface area contributed by atoms with Gasteiger partial charge in [-0.05, 0) is 28.3 Å². The summed E-state index contributed by atoms with van der Waals surface area (Å²) in [6, 6.07) is 23.3. The maximum absolute atomic E-state index is 9.48. The van der Waals surface area contributed by atoms with Crippen LogP contribution in [-0.2, 0) is 4.43 Å². The molecule has 136 valence electrons. The number of benzene rings is 2. The molecule has 1 aliphatic carbocycles. The number of nitriles is 1. The molecule has 3 nitrogen and oxygen atoms in total. The topological polar surface area (TPSA) is 59.0 Å². The quantitative estimate of drug-likeness (QED) is 0.801. The average molecular weight is 365 g/mol. The Morgan fingerprint density at radius 1 is 1.04 bits per heavy atom. The summed E-state index contributed by atoms with van der Waals surface area (Å²) in [5.41, 5.74) is 6.02. The first-order valence-corrected chi connectivity index (χ1v) is 11.2. The van der Waals surface area contributed by atoms with Crippen LogP contribution in [0, 0.1) is 16.7 Å². The van der Waals surface area contributed by atoms with Crippen LogP contribution in [0.2, 0.25) is 5.04 Å². The van der Waals surface area contributed by atoms with Gasteiger partial charge in [-0.3, -0.25) is 0 Å². The third-order valence-corrected chi connectivity index (χ3v) is 10.6. The van der Waals surface area contributed by atoms with Gasteiger partial charge in [0.05, 0.1) is 18.1 Å². The summed E-state index contributed by atoms with van der Waals surface area (Å²) >= 11 is 0. The summed E-state index contributed by atoms with van der Waals surface area (Å²) < 4.78 is 6.82. The van der Waals surface area contributed by atoms with Gasteiger partial charge in [-0.2, -0.15) is 5.26 Å². The highest BCUT2D eigenvalue weighted by Gasteiger charge is 2.53.